The number of para-hydroxylation sites is 1. The minimum absolute atomic E-state index is 0.106. The summed E-state index contributed by atoms with van der Waals surface area (Å²) in [5, 5.41) is 20.1. The number of benzene rings is 1. The number of anilines is 1. The summed E-state index contributed by atoms with van der Waals surface area (Å²) in [6.07, 6.45) is -0.174. The Kier molecular flexibility index (Phi) is 3.78. The van der Waals surface area contributed by atoms with Crippen molar-refractivity contribution in [3.05, 3.63) is 28.3 Å². The van der Waals surface area contributed by atoms with Gasteiger partial charge in [-0.2, -0.15) is 0 Å². The molecule has 1 aliphatic rings. The maximum atomic E-state index is 11.3. The van der Waals surface area contributed by atoms with E-state index in [-0.39, 0.29) is 30.6 Å². The fourth-order valence-electron chi connectivity index (χ4n) is 2.13. The lowest BCUT2D eigenvalue weighted by Crippen LogP contribution is -2.50. The van der Waals surface area contributed by atoms with Gasteiger partial charge in [0.15, 0.2) is 5.75 Å². The zero-order valence-corrected chi connectivity index (χ0v) is 11.3. The third kappa shape index (κ3) is 2.66. The van der Waals surface area contributed by atoms with Gasteiger partial charge < -0.3 is 14.7 Å². The van der Waals surface area contributed by atoms with Crippen molar-refractivity contribution in [3.63, 3.8) is 0 Å². The van der Waals surface area contributed by atoms with Crippen LogP contribution in [0.25, 0.3) is 0 Å². The van der Waals surface area contributed by atoms with Gasteiger partial charge in [0, 0.05) is 13.1 Å². The molecule has 7 heteroatoms. The molecule has 0 amide bonds. The van der Waals surface area contributed by atoms with E-state index in [0.717, 1.165) is 0 Å². The standard InChI is InChI=1S/C13H16N2O5/c1-8(2)20-11-5-3-4-10(12(11)15(18)19)14-6-9(7-14)13(16)17/h3-5,8-9H,6-7H2,1-2H3,(H,16,17). The van der Waals surface area contributed by atoms with Crippen LogP contribution in [0.2, 0.25) is 0 Å². The minimum Gasteiger partial charge on any atom is -0.484 e. The average Bonchev–Trinajstić information content (AvgIpc) is 2.25. The number of nitrogens with zero attached hydrogens (tertiary/aromatic N) is 2. The second-order valence-corrected chi connectivity index (χ2v) is 4.99. The van der Waals surface area contributed by atoms with Gasteiger partial charge in [-0.1, -0.05) is 6.07 Å². The van der Waals surface area contributed by atoms with Crippen molar-refractivity contribution in [2.75, 3.05) is 18.0 Å². The van der Waals surface area contributed by atoms with Gasteiger partial charge in [0.1, 0.15) is 5.69 Å². The molecule has 1 aromatic rings. The number of rotatable bonds is 5. The number of hydrogen-bond acceptors (Lipinski definition) is 5. The van der Waals surface area contributed by atoms with Gasteiger partial charge in [-0.05, 0) is 26.0 Å². The highest BCUT2D eigenvalue weighted by Gasteiger charge is 2.37. The van der Waals surface area contributed by atoms with E-state index in [4.69, 9.17) is 9.84 Å². The smallest absolute Gasteiger partial charge is 0.333 e. The van der Waals surface area contributed by atoms with Gasteiger partial charge in [0.25, 0.3) is 0 Å². The Hall–Kier alpha value is -2.31. The molecular formula is C13H16N2O5. The van der Waals surface area contributed by atoms with Crippen LogP contribution in [0.15, 0.2) is 18.2 Å². The van der Waals surface area contributed by atoms with Crippen molar-refractivity contribution in [2.45, 2.75) is 20.0 Å². The monoisotopic (exact) mass is 280 g/mol. The first kappa shape index (κ1) is 14.1. The van der Waals surface area contributed by atoms with E-state index < -0.39 is 16.8 Å². The molecule has 108 valence electrons. The number of carboxylic acids is 1. The Morgan fingerprint density at radius 3 is 2.65 bits per heavy atom. The first-order valence-electron chi connectivity index (χ1n) is 6.32. The molecule has 1 heterocycles. The van der Waals surface area contributed by atoms with E-state index >= 15 is 0 Å². The highest BCUT2D eigenvalue weighted by molar-refractivity contribution is 5.77. The Morgan fingerprint density at radius 1 is 1.50 bits per heavy atom. The topological polar surface area (TPSA) is 92.9 Å². The van der Waals surface area contributed by atoms with Crippen molar-refractivity contribution in [2.24, 2.45) is 5.92 Å². The SMILES string of the molecule is CC(C)Oc1cccc(N2CC(C(=O)O)C2)c1[N+](=O)[O-]. The number of carboxylic acid groups (broad SMARTS) is 1. The molecule has 0 atom stereocenters. The predicted octanol–water partition coefficient (Wildman–Crippen LogP) is 1.90. The van der Waals surface area contributed by atoms with Crippen LogP contribution in [0.1, 0.15) is 13.8 Å². The molecule has 1 aliphatic heterocycles. The summed E-state index contributed by atoms with van der Waals surface area (Å²) in [5.41, 5.74) is 0.302. The second-order valence-electron chi connectivity index (χ2n) is 4.99. The highest BCUT2D eigenvalue weighted by Crippen LogP contribution is 2.40. The van der Waals surface area contributed by atoms with Gasteiger partial charge in [-0.25, -0.2) is 0 Å². The van der Waals surface area contributed by atoms with Gasteiger partial charge in [-0.3, -0.25) is 14.9 Å². The Balaban J connectivity index is 2.29. The van der Waals surface area contributed by atoms with Crippen LogP contribution in [0.4, 0.5) is 11.4 Å². The first-order valence-corrected chi connectivity index (χ1v) is 6.32. The summed E-state index contributed by atoms with van der Waals surface area (Å²) in [7, 11) is 0. The van der Waals surface area contributed by atoms with Crippen LogP contribution in [0.5, 0.6) is 5.75 Å². The second kappa shape index (κ2) is 5.36. The lowest BCUT2D eigenvalue weighted by molar-refractivity contribution is -0.385. The molecular weight excluding hydrogens is 264 g/mol. The lowest BCUT2D eigenvalue weighted by Gasteiger charge is -2.38. The zero-order valence-electron chi connectivity index (χ0n) is 11.3. The molecule has 1 N–H and O–H groups in total. The number of carbonyl (C=O) groups is 1. The third-order valence-electron chi connectivity index (χ3n) is 3.09. The summed E-state index contributed by atoms with van der Waals surface area (Å²) in [6, 6.07) is 4.84. The van der Waals surface area contributed by atoms with Crippen LogP contribution in [0, 0.1) is 16.0 Å². The number of nitro benzene ring substituents is 1. The number of aliphatic carboxylic acids is 1. The largest absolute Gasteiger partial charge is 0.484 e. The molecule has 20 heavy (non-hydrogen) atoms. The summed E-state index contributed by atoms with van der Waals surface area (Å²) in [6.45, 7) is 4.14. The van der Waals surface area contributed by atoms with Gasteiger partial charge >= 0.3 is 11.7 Å². The van der Waals surface area contributed by atoms with Crippen molar-refractivity contribution < 1.29 is 19.6 Å². The Labute approximate surface area is 115 Å². The fourth-order valence-corrected chi connectivity index (χ4v) is 2.13. The first-order chi connectivity index (χ1) is 9.40. The van der Waals surface area contributed by atoms with Crippen LogP contribution in [0.3, 0.4) is 0 Å². The normalized spacial score (nSPS) is 15.1. The maximum Gasteiger partial charge on any atom is 0.333 e. The van der Waals surface area contributed by atoms with Crippen molar-refractivity contribution >= 4 is 17.3 Å². The molecule has 2 rings (SSSR count). The lowest BCUT2D eigenvalue weighted by atomic mass is 9.99. The quantitative estimate of drug-likeness (QED) is 0.654. The number of nitro groups is 1. The molecule has 0 bridgehead atoms. The number of ether oxygens (including phenoxy) is 1. The Bertz CT molecular complexity index is 538. The van der Waals surface area contributed by atoms with Gasteiger partial charge in [0.05, 0.1) is 16.9 Å². The zero-order chi connectivity index (χ0) is 14.9. The van der Waals surface area contributed by atoms with Crippen molar-refractivity contribution in [1.29, 1.82) is 0 Å². The van der Waals surface area contributed by atoms with Crippen molar-refractivity contribution in [3.8, 4) is 5.75 Å². The van der Waals surface area contributed by atoms with Gasteiger partial charge in [0.2, 0.25) is 0 Å². The third-order valence-corrected chi connectivity index (χ3v) is 3.09. The van der Waals surface area contributed by atoms with E-state index in [0.29, 0.717) is 5.69 Å². The van der Waals surface area contributed by atoms with E-state index in [1.54, 1.807) is 36.9 Å². The number of hydrogen-bond donors (Lipinski definition) is 1. The molecule has 0 spiro atoms. The molecule has 0 aliphatic carbocycles. The van der Waals surface area contributed by atoms with Crippen molar-refractivity contribution in [1.82, 2.24) is 0 Å². The summed E-state index contributed by atoms with van der Waals surface area (Å²) in [5.74, 6) is -1.14. The van der Waals surface area contributed by atoms with Crippen LogP contribution >= 0.6 is 0 Å². The van der Waals surface area contributed by atoms with E-state index in [1.807, 2.05) is 0 Å². The van der Waals surface area contributed by atoms with Crippen LogP contribution in [-0.4, -0.2) is 35.2 Å². The summed E-state index contributed by atoms with van der Waals surface area (Å²) < 4.78 is 5.46. The van der Waals surface area contributed by atoms with E-state index in [2.05, 4.69) is 0 Å². The molecule has 1 saturated heterocycles. The van der Waals surface area contributed by atoms with E-state index in [1.165, 1.54) is 0 Å². The predicted molar refractivity (Wildman–Crippen MR) is 72.2 cm³/mol. The summed E-state index contributed by atoms with van der Waals surface area (Å²) in [4.78, 5) is 23.3. The highest BCUT2D eigenvalue weighted by atomic mass is 16.6. The van der Waals surface area contributed by atoms with Crippen LogP contribution in [-0.2, 0) is 4.79 Å². The average molecular weight is 280 g/mol. The molecule has 0 saturated carbocycles. The maximum absolute atomic E-state index is 11.3. The Morgan fingerprint density at radius 2 is 2.15 bits per heavy atom. The molecule has 0 radical (unpaired) electrons. The molecule has 7 nitrogen and oxygen atoms in total. The van der Waals surface area contributed by atoms with E-state index in [9.17, 15) is 14.9 Å². The summed E-state index contributed by atoms with van der Waals surface area (Å²) >= 11 is 0. The van der Waals surface area contributed by atoms with Crippen LogP contribution < -0.4 is 9.64 Å². The molecule has 0 aromatic heterocycles. The molecule has 1 aromatic carbocycles. The minimum atomic E-state index is -0.876. The molecule has 0 unspecified atom stereocenters. The van der Waals surface area contributed by atoms with Gasteiger partial charge in [-0.15, -0.1) is 0 Å². The fraction of sp³-hybridized carbons (Fsp3) is 0.462. The molecule has 1 fully saturated rings.